The normalized spacial score (nSPS) is 19.4. The summed E-state index contributed by atoms with van der Waals surface area (Å²) in [6.07, 6.45) is 0.452. The average molecular weight is 379 g/mol. The SMILES string of the molecule is CCOC(=O)N1CC(CN2CCc3ccccc3C2)ON=C1c1ccccc1. The Bertz CT molecular complexity index is 853. The van der Waals surface area contributed by atoms with Crippen molar-refractivity contribution in [2.75, 3.05) is 26.2 Å². The van der Waals surface area contributed by atoms with Gasteiger partial charge in [-0.3, -0.25) is 9.80 Å². The summed E-state index contributed by atoms with van der Waals surface area (Å²) >= 11 is 0. The number of nitrogens with zero attached hydrogens (tertiary/aromatic N) is 3. The number of ether oxygens (including phenoxy) is 1. The lowest BCUT2D eigenvalue weighted by Gasteiger charge is -2.35. The second kappa shape index (κ2) is 8.44. The fourth-order valence-electron chi connectivity index (χ4n) is 3.74. The Balaban J connectivity index is 1.48. The summed E-state index contributed by atoms with van der Waals surface area (Å²) < 4.78 is 5.25. The van der Waals surface area contributed by atoms with Crippen LogP contribution in [0.3, 0.4) is 0 Å². The number of amides is 1. The van der Waals surface area contributed by atoms with Gasteiger partial charge < -0.3 is 9.57 Å². The maximum atomic E-state index is 12.5. The van der Waals surface area contributed by atoms with E-state index in [-0.39, 0.29) is 12.2 Å². The van der Waals surface area contributed by atoms with Crippen molar-refractivity contribution in [3.05, 3.63) is 71.3 Å². The summed E-state index contributed by atoms with van der Waals surface area (Å²) in [7, 11) is 0. The van der Waals surface area contributed by atoms with Gasteiger partial charge in [0.05, 0.1) is 13.2 Å². The summed E-state index contributed by atoms with van der Waals surface area (Å²) in [5.74, 6) is 0.499. The molecule has 0 N–H and O–H groups in total. The number of amidine groups is 1. The van der Waals surface area contributed by atoms with Crippen molar-refractivity contribution >= 4 is 11.9 Å². The molecule has 0 fully saturated rings. The highest BCUT2D eigenvalue weighted by Gasteiger charge is 2.32. The molecule has 1 atom stereocenters. The molecule has 0 spiro atoms. The van der Waals surface area contributed by atoms with Gasteiger partial charge in [0.2, 0.25) is 0 Å². The highest BCUT2D eigenvalue weighted by molar-refractivity contribution is 6.06. The molecule has 4 rings (SSSR count). The number of carbonyl (C=O) groups excluding carboxylic acids is 1. The first kappa shape index (κ1) is 18.5. The van der Waals surface area contributed by atoms with Crippen LogP contribution in [0.2, 0.25) is 0 Å². The van der Waals surface area contributed by atoms with Crippen LogP contribution < -0.4 is 0 Å². The molecule has 0 saturated carbocycles. The number of benzene rings is 2. The van der Waals surface area contributed by atoms with Crippen molar-refractivity contribution in [3.8, 4) is 0 Å². The molecule has 0 aromatic heterocycles. The van der Waals surface area contributed by atoms with Crippen LogP contribution in [0, 0.1) is 0 Å². The van der Waals surface area contributed by atoms with Gasteiger partial charge in [-0.25, -0.2) is 4.79 Å². The molecule has 2 aliphatic rings. The van der Waals surface area contributed by atoms with Gasteiger partial charge in [0.1, 0.15) is 0 Å². The Morgan fingerprint density at radius 1 is 1.14 bits per heavy atom. The monoisotopic (exact) mass is 379 g/mol. The molecule has 2 heterocycles. The van der Waals surface area contributed by atoms with Crippen molar-refractivity contribution in [1.29, 1.82) is 0 Å². The van der Waals surface area contributed by atoms with Gasteiger partial charge in [-0.1, -0.05) is 59.8 Å². The van der Waals surface area contributed by atoms with E-state index in [0.717, 1.165) is 31.6 Å². The van der Waals surface area contributed by atoms with Crippen molar-refractivity contribution in [2.24, 2.45) is 5.16 Å². The second-order valence-electron chi connectivity index (χ2n) is 7.07. The van der Waals surface area contributed by atoms with Gasteiger partial charge in [-0.05, 0) is 24.5 Å². The molecule has 0 radical (unpaired) electrons. The van der Waals surface area contributed by atoms with Gasteiger partial charge in [0.25, 0.3) is 0 Å². The van der Waals surface area contributed by atoms with Gasteiger partial charge in [0.15, 0.2) is 11.9 Å². The lowest BCUT2D eigenvalue weighted by atomic mass is 10.00. The minimum absolute atomic E-state index is 0.192. The van der Waals surface area contributed by atoms with Gasteiger partial charge in [-0.2, -0.15) is 0 Å². The van der Waals surface area contributed by atoms with Crippen LogP contribution in [0.4, 0.5) is 4.79 Å². The quantitative estimate of drug-likeness (QED) is 0.818. The first-order chi connectivity index (χ1) is 13.7. The summed E-state index contributed by atoms with van der Waals surface area (Å²) in [5.41, 5.74) is 3.61. The number of fused-ring (bicyclic) bond motifs is 1. The van der Waals surface area contributed by atoms with Crippen molar-refractivity contribution < 1.29 is 14.4 Å². The number of oxime groups is 1. The minimum Gasteiger partial charge on any atom is -0.449 e. The van der Waals surface area contributed by atoms with E-state index in [2.05, 4.69) is 34.3 Å². The topological polar surface area (TPSA) is 54.4 Å². The average Bonchev–Trinajstić information content (AvgIpc) is 2.74. The molecule has 2 aliphatic heterocycles. The predicted molar refractivity (Wildman–Crippen MR) is 107 cm³/mol. The van der Waals surface area contributed by atoms with E-state index < -0.39 is 0 Å². The number of hydrogen-bond acceptors (Lipinski definition) is 5. The number of hydrogen-bond donors (Lipinski definition) is 0. The largest absolute Gasteiger partial charge is 0.449 e. The van der Waals surface area contributed by atoms with Crippen LogP contribution in [-0.2, 0) is 22.5 Å². The Kier molecular flexibility index (Phi) is 5.58. The second-order valence-corrected chi connectivity index (χ2v) is 7.07. The maximum Gasteiger partial charge on any atom is 0.415 e. The molecular formula is C22H25N3O3. The Labute approximate surface area is 165 Å². The summed E-state index contributed by atoms with van der Waals surface area (Å²) in [6.45, 7) is 5.14. The maximum absolute atomic E-state index is 12.5. The number of rotatable bonds is 4. The zero-order valence-electron chi connectivity index (χ0n) is 16.1. The van der Waals surface area contributed by atoms with Crippen LogP contribution in [0.25, 0.3) is 0 Å². The summed E-state index contributed by atoms with van der Waals surface area (Å²) in [4.78, 5) is 22.3. The zero-order valence-corrected chi connectivity index (χ0v) is 16.1. The third-order valence-corrected chi connectivity index (χ3v) is 5.12. The molecule has 1 unspecified atom stereocenters. The van der Waals surface area contributed by atoms with Crippen LogP contribution >= 0.6 is 0 Å². The zero-order chi connectivity index (χ0) is 19.3. The van der Waals surface area contributed by atoms with Crippen LogP contribution in [-0.4, -0.2) is 54.1 Å². The van der Waals surface area contributed by atoms with E-state index in [4.69, 9.17) is 9.57 Å². The summed E-state index contributed by atoms with van der Waals surface area (Å²) in [6, 6.07) is 18.1. The van der Waals surface area contributed by atoms with E-state index in [1.165, 1.54) is 11.1 Å². The van der Waals surface area contributed by atoms with E-state index in [0.29, 0.717) is 19.0 Å². The van der Waals surface area contributed by atoms with E-state index in [1.54, 1.807) is 11.8 Å². The van der Waals surface area contributed by atoms with E-state index in [9.17, 15) is 4.79 Å². The third-order valence-electron chi connectivity index (χ3n) is 5.12. The fourth-order valence-corrected chi connectivity index (χ4v) is 3.74. The Morgan fingerprint density at radius 3 is 2.68 bits per heavy atom. The molecule has 1 amide bonds. The van der Waals surface area contributed by atoms with E-state index in [1.807, 2.05) is 30.3 Å². The van der Waals surface area contributed by atoms with E-state index >= 15 is 0 Å². The molecule has 2 aromatic rings. The molecule has 0 aliphatic carbocycles. The first-order valence-corrected chi connectivity index (χ1v) is 9.77. The molecule has 6 heteroatoms. The van der Waals surface area contributed by atoms with Gasteiger partial charge >= 0.3 is 6.09 Å². The van der Waals surface area contributed by atoms with Crippen LogP contribution in [0.1, 0.15) is 23.6 Å². The molecule has 28 heavy (non-hydrogen) atoms. The minimum atomic E-state index is -0.387. The lowest BCUT2D eigenvalue weighted by molar-refractivity contribution is -0.00382. The van der Waals surface area contributed by atoms with Crippen LogP contribution in [0.5, 0.6) is 0 Å². The lowest BCUT2D eigenvalue weighted by Crippen LogP contribution is -2.50. The summed E-state index contributed by atoms with van der Waals surface area (Å²) in [5, 5.41) is 4.29. The molecule has 0 bridgehead atoms. The standard InChI is InChI=1S/C22H25N3O3/c1-2-27-22(26)25-16-20(28-23-21(25)18-9-4-3-5-10-18)15-24-13-12-17-8-6-7-11-19(17)14-24/h3-11,20H,2,12-16H2,1H3. The smallest absolute Gasteiger partial charge is 0.415 e. The van der Waals surface area contributed by atoms with Gasteiger partial charge in [-0.15, -0.1) is 0 Å². The van der Waals surface area contributed by atoms with Crippen molar-refractivity contribution in [3.63, 3.8) is 0 Å². The molecule has 0 saturated heterocycles. The molecule has 6 nitrogen and oxygen atoms in total. The van der Waals surface area contributed by atoms with Crippen molar-refractivity contribution in [1.82, 2.24) is 9.80 Å². The van der Waals surface area contributed by atoms with Crippen LogP contribution in [0.15, 0.2) is 59.8 Å². The Morgan fingerprint density at radius 2 is 1.89 bits per heavy atom. The van der Waals surface area contributed by atoms with Gasteiger partial charge in [0, 0.05) is 25.2 Å². The molecule has 2 aromatic carbocycles. The predicted octanol–water partition coefficient (Wildman–Crippen LogP) is 3.26. The fraction of sp³-hybridized carbons (Fsp3) is 0.364. The number of carbonyl (C=O) groups is 1. The first-order valence-electron chi connectivity index (χ1n) is 9.77. The van der Waals surface area contributed by atoms with Crippen molar-refractivity contribution in [2.45, 2.75) is 26.0 Å². The Hall–Kier alpha value is -2.86. The third kappa shape index (κ3) is 4.02. The molecule has 146 valence electrons. The highest BCUT2D eigenvalue weighted by atomic mass is 16.6. The molecular weight excluding hydrogens is 354 g/mol. The highest BCUT2D eigenvalue weighted by Crippen LogP contribution is 2.21.